The van der Waals surface area contributed by atoms with Crippen LogP contribution < -0.4 is 5.32 Å². The Morgan fingerprint density at radius 1 is 1.26 bits per heavy atom. The zero-order valence-corrected chi connectivity index (χ0v) is 15.3. The third-order valence-corrected chi connectivity index (χ3v) is 4.73. The van der Waals surface area contributed by atoms with Crippen LogP contribution in [0.2, 0.25) is 0 Å². The van der Waals surface area contributed by atoms with Crippen LogP contribution >= 0.6 is 0 Å². The minimum Gasteiger partial charge on any atom is -0.360 e. The standard InChI is InChI=1S/C19H21N7O/c1-12(17-21-8-9-22-17)23-19-15-5-10-26(13(2)27)11-16(15)24-18(25-19)14-3-6-20-7-4-14/h3-4,6-9,12H,5,10-11H2,1-2H3,(H,21,22)(H,23,24,25). The number of aromatic nitrogens is 5. The van der Waals surface area contributed by atoms with Crippen molar-refractivity contribution in [1.29, 1.82) is 0 Å². The zero-order chi connectivity index (χ0) is 18.8. The Morgan fingerprint density at radius 3 is 2.78 bits per heavy atom. The Morgan fingerprint density at radius 2 is 2.07 bits per heavy atom. The van der Waals surface area contributed by atoms with Gasteiger partial charge in [0.15, 0.2) is 5.82 Å². The first-order valence-electron chi connectivity index (χ1n) is 8.93. The van der Waals surface area contributed by atoms with Crippen molar-refractivity contribution < 1.29 is 4.79 Å². The van der Waals surface area contributed by atoms with Crippen molar-refractivity contribution >= 4 is 11.7 Å². The molecule has 8 heteroatoms. The highest BCUT2D eigenvalue weighted by Gasteiger charge is 2.25. The minimum atomic E-state index is -0.0323. The second kappa shape index (κ2) is 7.14. The Labute approximate surface area is 157 Å². The van der Waals surface area contributed by atoms with E-state index in [0.717, 1.165) is 34.9 Å². The van der Waals surface area contributed by atoms with Crippen LogP contribution in [0.1, 0.15) is 37.0 Å². The number of carbonyl (C=O) groups excluding carboxylic acids is 1. The number of anilines is 1. The Kier molecular flexibility index (Phi) is 4.53. The van der Waals surface area contributed by atoms with Gasteiger partial charge in [-0.15, -0.1) is 0 Å². The fourth-order valence-electron chi connectivity index (χ4n) is 3.24. The summed E-state index contributed by atoms with van der Waals surface area (Å²) in [4.78, 5) is 34.7. The van der Waals surface area contributed by atoms with Crippen LogP contribution in [0.5, 0.6) is 0 Å². The van der Waals surface area contributed by atoms with Crippen molar-refractivity contribution in [1.82, 2.24) is 29.8 Å². The summed E-state index contributed by atoms with van der Waals surface area (Å²) in [6, 6.07) is 3.73. The van der Waals surface area contributed by atoms with Gasteiger partial charge in [0.2, 0.25) is 5.91 Å². The van der Waals surface area contributed by atoms with Gasteiger partial charge in [0, 0.05) is 49.4 Å². The number of aromatic amines is 1. The maximum Gasteiger partial charge on any atom is 0.219 e. The zero-order valence-electron chi connectivity index (χ0n) is 15.3. The number of nitrogens with zero attached hydrogens (tertiary/aromatic N) is 5. The highest BCUT2D eigenvalue weighted by Crippen LogP contribution is 2.29. The van der Waals surface area contributed by atoms with Crippen LogP contribution in [-0.2, 0) is 17.8 Å². The molecule has 0 saturated carbocycles. The molecule has 27 heavy (non-hydrogen) atoms. The van der Waals surface area contributed by atoms with Gasteiger partial charge in [-0.05, 0) is 25.5 Å². The van der Waals surface area contributed by atoms with Crippen LogP contribution in [0.15, 0.2) is 36.9 Å². The molecular weight excluding hydrogens is 342 g/mol. The fraction of sp³-hybridized carbons (Fsp3) is 0.316. The molecule has 4 heterocycles. The van der Waals surface area contributed by atoms with Gasteiger partial charge in [0.05, 0.1) is 18.3 Å². The SMILES string of the molecule is CC(=O)N1CCc2c(nc(-c3ccncc3)nc2NC(C)c2ncc[nH]2)C1. The number of amides is 1. The highest BCUT2D eigenvalue weighted by molar-refractivity contribution is 5.74. The van der Waals surface area contributed by atoms with E-state index in [-0.39, 0.29) is 11.9 Å². The van der Waals surface area contributed by atoms with Crippen LogP contribution in [0.25, 0.3) is 11.4 Å². The first-order valence-corrected chi connectivity index (χ1v) is 8.93. The van der Waals surface area contributed by atoms with Gasteiger partial charge >= 0.3 is 0 Å². The van der Waals surface area contributed by atoms with Gasteiger partial charge < -0.3 is 15.2 Å². The van der Waals surface area contributed by atoms with Gasteiger partial charge in [-0.2, -0.15) is 0 Å². The van der Waals surface area contributed by atoms with E-state index < -0.39 is 0 Å². The molecule has 138 valence electrons. The largest absolute Gasteiger partial charge is 0.360 e. The Hall–Kier alpha value is -3.29. The van der Waals surface area contributed by atoms with Crippen molar-refractivity contribution in [2.24, 2.45) is 0 Å². The number of nitrogens with one attached hydrogen (secondary N) is 2. The molecule has 0 spiro atoms. The van der Waals surface area contributed by atoms with Crippen molar-refractivity contribution in [3.8, 4) is 11.4 Å². The van der Waals surface area contributed by atoms with Crippen molar-refractivity contribution in [2.75, 3.05) is 11.9 Å². The predicted octanol–water partition coefficient (Wildman–Crippen LogP) is 2.34. The lowest BCUT2D eigenvalue weighted by atomic mass is 10.0. The maximum atomic E-state index is 11.8. The lowest BCUT2D eigenvalue weighted by molar-refractivity contribution is -0.129. The van der Waals surface area contributed by atoms with Gasteiger partial charge in [-0.3, -0.25) is 9.78 Å². The van der Waals surface area contributed by atoms with Crippen molar-refractivity contribution in [2.45, 2.75) is 32.9 Å². The number of fused-ring (bicyclic) bond motifs is 1. The molecule has 0 saturated heterocycles. The summed E-state index contributed by atoms with van der Waals surface area (Å²) in [5.74, 6) is 2.31. The second-order valence-corrected chi connectivity index (χ2v) is 6.59. The number of hydrogen-bond donors (Lipinski definition) is 2. The molecule has 1 amide bonds. The summed E-state index contributed by atoms with van der Waals surface area (Å²) in [5.41, 5.74) is 2.83. The van der Waals surface area contributed by atoms with E-state index in [2.05, 4.69) is 20.3 Å². The van der Waals surface area contributed by atoms with Gasteiger partial charge in [0.1, 0.15) is 11.6 Å². The van der Waals surface area contributed by atoms with E-state index in [1.54, 1.807) is 31.7 Å². The molecule has 0 aliphatic carbocycles. The molecule has 0 fully saturated rings. The molecule has 2 N–H and O–H groups in total. The molecule has 0 radical (unpaired) electrons. The summed E-state index contributed by atoms with van der Waals surface area (Å²) in [7, 11) is 0. The van der Waals surface area contributed by atoms with Gasteiger partial charge in [-0.25, -0.2) is 15.0 Å². The van der Waals surface area contributed by atoms with Crippen LogP contribution in [0.3, 0.4) is 0 Å². The summed E-state index contributed by atoms with van der Waals surface area (Å²) in [5, 5.41) is 3.46. The molecule has 0 bridgehead atoms. The van der Waals surface area contributed by atoms with Gasteiger partial charge in [-0.1, -0.05) is 0 Å². The first-order chi connectivity index (χ1) is 13.1. The van der Waals surface area contributed by atoms with Crippen LogP contribution in [0.4, 0.5) is 5.82 Å². The molecule has 1 unspecified atom stereocenters. The molecule has 0 aromatic carbocycles. The van der Waals surface area contributed by atoms with E-state index in [1.165, 1.54) is 0 Å². The molecule has 3 aromatic rings. The van der Waals surface area contributed by atoms with E-state index in [1.807, 2.05) is 24.0 Å². The number of imidazole rings is 1. The molecule has 1 aliphatic heterocycles. The number of carbonyl (C=O) groups is 1. The average Bonchev–Trinajstić information content (AvgIpc) is 3.23. The Bertz CT molecular complexity index is 940. The molecule has 1 atom stereocenters. The third-order valence-electron chi connectivity index (χ3n) is 4.73. The van der Waals surface area contributed by atoms with E-state index in [9.17, 15) is 4.79 Å². The second-order valence-electron chi connectivity index (χ2n) is 6.59. The fourth-order valence-corrected chi connectivity index (χ4v) is 3.24. The highest BCUT2D eigenvalue weighted by atomic mass is 16.2. The summed E-state index contributed by atoms with van der Waals surface area (Å²) in [6.45, 7) is 4.79. The average molecular weight is 363 g/mol. The predicted molar refractivity (Wildman–Crippen MR) is 101 cm³/mol. The number of pyridine rings is 1. The molecule has 8 nitrogen and oxygen atoms in total. The van der Waals surface area contributed by atoms with Crippen molar-refractivity contribution in [3.63, 3.8) is 0 Å². The van der Waals surface area contributed by atoms with Crippen LogP contribution in [0, 0.1) is 0 Å². The van der Waals surface area contributed by atoms with Crippen LogP contribution in [-0.4, -0.2) is 42.3 Å². The minimum absolute atomic E-state index is 0.0323. The van der Waals surface area contributed by atoms with Gasteiger partial charge in [0.25, 0.3) is 0 Å². The molecular formula is C19H21N7O. The molecule has 4 rings (SSSR count). The van der Waals surface area contributed by atoms with Crippen molar-refractivity contribution in [3.05, 3.63) is 54.0 Å². The monoisotopic (exact) mass is 363 g/mol. The Balaban J connectivity index is 1.74. The van der Waals surface area contributed by atoms with E-state index in [0.29, 0.717) is 18.9 Å². The number of H-pyrrole nitrogens is 1. The summed E-state index contributed by atoms with van der Waals surface area (Å²) >= 11 is 0. The lowest BCUT2D eigenvalue weighted by Gasteiger charge is -2.29. The molecule has 3 aromatic heterocycles. The first kappa shape index (κ1) is 17.1. The summed E-state index contributed by atoms with van der Waals surface area (Å²) < 4.78 is 0. The number of rotatable bonds is 4. The smallest absolute Gasteiger partial charge is 0.219 e. The normalized spacial score (nSPS) is 14.5. The molecule has 1 aliphatic rings. The lowest BCUT2D eigenvalue weighted by Crippen LogP contribution is -2.35. The van der Waals surface area contributed by atoms with E-state index >= 15 is 0 Å². The topological polar surface area (TPSA) is 99.7 Å². The third kappa shape index (κ3) is 3.51. The summed E-state index contributed by atoms with van der Waals surface area (Å²) in [6.07, 6.45) is 7.70. The maximum absolute atomic E-state index is 11.8. The quantitative estimate of drug-likeness (QED) is 0.738. The number of hydrogen-bond acceptors (Lipinski definition) is 6. The van der Waals surface area contributed by atoms with E-state index in [4.69, 9.17) is 9.97 Å².